The second kappa shape index (κ2) is 6.11. The molecule has 0 aliphatic rings. The van der Waals surface area contributed by atoms with Crippen molar-refractivity contribution in [2.24, 2.45) is 5.73 Å². The smallest absolute Gasteiger partial charge is 0.340 e. The van der Waals surface area contributed by atoms with E-state index in [1.807, 2.05) is 0 Å². The molecule has 0 radical (unpaired) electrons. The highest BCUT2D eigenvalue weighted by Gasteiger charge is 2.13. The summed E-state index contributed by atoms with van der Waals surface area (Å²) < 4.78 is 18.0. The summed E-state index contributed by atoms with van der Waals surface area (Å²) in [6.45, 7) is 0.446. The van der Waals surface area contributed by atoms with Gasteiger partial charge in [0.05, 0.1) is 19.2 Å². The molecule has 0 saturated heterocycles. The van der Waals surface area contributed by atoms with Gasteiger partial charge in [-0.15, -0.1) is 0 Å². The highest BCUT2D eigenvalue weighted by atomic mass is 19.1. The maximum absolute atomic E-state index is 13.6. The number of ether oxygens (including phenoxy) is 1. The first kappa shape index (κ1) is 14.1. The number of likely N-dealkylation sites (N-methyl/N-ethyl adjacent to an activating group) is 1. The van der Waals surface area contributed by atoms with Gasteiger partial charge in [-0.1, -0.05) is 6.07 Å². The Kier molecular flexibility index (Phi) is 4.79. The Bertz CT molecular complexity index is 463. The maximum Gasteiger partial charge on any atom is 0.340 e. The number of amides is 1. The third kappa shape index (κ3) is 3.81. The summed E-state index contributed by atoms with van der Waals surface area (Å²) in [5, 5.41) is 0. The molecule has 1 aromatic carbocycles. The molecule has 0 saturated carbocycles. The lowest BCUT2D eigenvalue weighted by Gasteiger charge is -2.14. The first-order valence-corrected chi connectivity index (χ1v) is 5.27. The molecule has 0 aromatic heterocycles. The number of hydrogen-bond acceptors (Lipinski definition) is 4. The van der Waals surface area contributed by atoms with Crippen molar-refractivity contribution in [2.75, 3.05) is 20.7 Å². The minimum absolute atomic E-state index is 0.0837. The molecule has 0 atom stereocenters. The lowest BCUT2D eigenvalue weighted by atomic mass is 10.1. The Labute approximate surface area is 104 Å². The molecule has 0 aliphatic heterocycles. The van der Waals surface area contributed by atoms with Crippen molar-refractivity contribution in [3.05, 3.63) is 35.1 Å². The summed E-state index contributed by atoms with van der Waals surface area (Å²) in [4.78, 5) is 23.5. The minimum Gasteiger partial charge on any atom is -0.465 e. The lowest BCUT2D eigenvalue weighted by Crippen LogP contribution is -2.30. The van der Waals surface area contributed by atoms with Gasteiger partial charge < -0.3 is 10.5 Å². The van der Waals surface area contributed by atoms with E-state index in [-0.39, 0.29) is 12.1 Å². The lowest BCUT2D eigenvalue weighted by molar-refractivity contribution is -0.118. The number of primary amides is 1. The minimum atomic E-state index is -0.718. The standard InChI is InChI=1S/C12H15FN2O3/c1-15(7-11(14)16)6-8-3-4-9(10(13)5-8)12(17)18-2/h3-5H,6-7H2,1-2H3,(H2,14,16). The molecule has 1 amide bonds. The van der Waals surface area contributed by atoms with Crippen LogP contribution in [0.5, 0.6) is 0 Å². The van der Waals surface area contributed by atoms with Crippen LogP contribution in [-0.2, 0) is 16.1 Å². The zero-order valence-electron chi connectivity index (χ0n) is 10.3. The van der Waals surface area contributed by atoms with E-state index in [9.17, 15) is 14.0 Å². The summed E-state index contributed by atoms with van der Waals surface area (Å²) in [6, 6.07) is 4.20. The summed E-state index contributed by atoms with van der Waals surface area (Å²) in [5.74, 6) is -1.82. The van der Waals surface area contributed by atoms with Gasteiger partial charge in [0.15, 0.2) is 0 Å². The Balaban J connectivity index is 2.78. The van der Waals surface area contributed by atoms with Crippen LogP contribution in [0, 0.1) is 5.82 Å². The van der Waals surface area contributed by atoms with Gasteiger partial charge in [0, 0.05) is 6.54 Å². The monoisotopic (exact) mass is 254 g/mol. The van der Waals surface area contributed by atoms with Crippen LogP contribution in [0.15, 0.2) is 18.2 Å². The summed E-state index contributed by atoms with van der Waals surface area (Å²) >= 11 is 0. The number of benzene rings is 1. The van der Waals surface area contributed by atoms with Gasteiger partial charge in [0.2, 0.25) is 5.91 Å². The van der Waals surface area contributed by atoms with Crippen LogP contribution in [0.3, 0.4) is 0 Å². The van der Waals surface area contributed by atoms with E-state index in [0.717, 1.165) is 0 Å². The molecule has 5 nitrogen and oxygen atoms in total. The molecule has 0 heterocycles. The molecule has 0 unspecified atom stereocenters. The van der Waals surface area contributed by atoms with E-state index < -0.39 is 17.7 Å². The van der Waals surface area contributed by atoms with Crippen molar-refractivity contribution in [3.63, 3.8) is 0 Å². The van der Waals surface area contributed by atoms with Gasteiger partial charge in [-0.3, -0.25) is 9.69 Å². The maximum atomic E-state index is 13.6. The summed E-state index contributed by atoms with van der Waals surface area (Å²) in [6.07, 6.45) is 0. The molecule has 0 bridgehead atoms. The third-order valence-corrected chi connectivity index (χ3v) is 2.32. The van der Waals surface area contributed by atoms with E-state index in [1.54, 1.807) is 18.0 Å². The molecule has 1 aromatic rings. The Morgan fingerprint density at radius 3 is 2.61 bits per heavy atom. The Morgan fingerprint density at radius 2 is 2.11 bits per heavy atom. The average Bonchev–Trinajstić information content (AvgIpc) is 2.27. The first-order valence-electron chi connectivity index (χ1n) is 5.27. The van der Waals surface area contributed by atoms with Crippen molar-refractivity contribution < 1.29 is 18.7 Å². The fourth-order valence-corrected chi connectivity index (χ4v) is 1.57. The molecule has 6 heteroatoms. The normalized spacial score (nSPS) is 10.4. The van der Waals surface area contributed by atoms with E-state index in [4.69, 9.17) is 5.73 Å². The highest BCUT2D eigenvalue weighted by Crippen LogP contribution is 2.12. The number of nitrogens with two attached hydrogens (primary N) is 1. The molecule has 18 heavy (non-hydrogen) atoms. The number of hydrogen-bond donors (Lipinski definition) is 1. The van der Waals surface area contributed by atoms with Gasteiger partial charge in [0.1, 0.15) is 5.82 Å². The highest BCUT2D eigenvalue weighted by molar-refractivity contribution is 5.89. The van der Waals surface area contributed by atoms with Crippen LogP contribution in [0.2, 0.25) is 0 Å². The van der Waals surface area contributed by atoms with Crippen molar-refractivity contribution in [3.8, 4) is 0 Å². The van der Waals surface area contributed by atoms with E-state index in [1.165, 1.54) is 19.2 Å². The van der Waals surface area contributed by atoms with Crippen LogP contribution >= 0.6 is 0 Å². The Hall–Kier alpha value is -1.95. The van der Waals surface area contributed by atoms with Crippen LogP contribution in [0.25, 0.3) is 0 Å². The fourth-order valence-electron chi connectivity index (χ4n) is 1.57. The third-order valence-electron chi connectivity index (χ3n) is 2.32. The number of esters is 1. The van der Waals surface area contributed by atoms with Crippen LogP contribution < -0.4 is 5.73 Å². The van der Waals surface area contributed by atoms with E-state index >= 15 is 0 Å². The molecular weight excluding hydrogens is 239 g/mol. The van der Waals surface area contributed by atoms with Crippen molar-refractivity contribution >= 4 is 11.9 Å². The molecule has 0 fully saturated rings. The zero-order valence-corrected chi connectivity index (χ0v) is 10.3. The molecule has 2 N–H and O–H groups in total. The van der Waals surface area contributed by atoms with Gasteiger partial charge in [-0.25, -0.2) is 9.18 Å². The molecule has 0 spiro atoms. The molecular formula is C12H15FN2O3. The average molecular weight is 254 g/mol. The summed E-state index contributed by atoms with van der Waals surface area (Å²) in [5.41, 5.74) is 5.57. The number of carbonyl (C=O) groups is 2. The quantitative estimate of drug-likeness (QED) is 0.778. The van der Waals surface area contributed by atoms with Gasteiger partial charge in [0.25, 0.3) is 0 Å². The fraction of sp³-hybridized carbons (Fsp3) is 0.333. The predicted octanol–water partition coefficient (Wildman–Crippen LogP) is 0.529. The molecule has 0 aliphatic carbocycles. The van der Waals surface area contributed by atoms with Gasteiger partial charge >= 0.3 is 5.97 Å². The zero-order chi connectivity index (χ0) is 13.7. The van der Waals surface area contributed by atoms with Crippen molar-refractivity contribution in [1.29, 1.82) is 0 Å². The van der Waals surface area contributed by atoms with E-state index in [0.29, 0.717) is 12.1 Å². The predicted molar refractivity (Wildman–Crippen MR) is 63.3 cm³/mol. The largest absolute Gasteiger partial charge is 0.465 e. The number of halogens is 1. The van der Waals surface area contributed by atoms with Crippen LogP contribution in [0.1, 0.15) is 15.9 Å². The van der Waals surface area contributed by atoms with Crippen molar-refractivity contribution in [1.82, 2.24) is 4.90 Å². The number of methoxy groups -OCH3 is 1. The molecule has 1 rings (SSSR count). The first-order chi connectivity index (χ1) is 8.43. The van der Waals surface area contributed by atoms with E-state index in [2.05, 4.69) is 4.74 Å². The van der Waals surface area contributed by atoms with Gasteiger partial charge in [-0.2, -0.15) is 0 Å². The van der Waals surface area contributed by atoms with Crippen LogP contribution in [-0.4, -0.2) is 37.5 Å². The van der Waals surface area contributed by atoms with Gasteiger partial charge in [-0.05, 0) is 24.7 Å². The topological polar surface area (TPSA) is 72.6 Å². The van der Waals surface area contributed by atoms with Crippen LogP contribution in [0.4, 0.5) is 4.39 Å². The number of nitrogens with zero attached hydrogens (tertiary/aromatic N) is 1. The second-order valence-electron chi connectivity index (χ2n) is 3.94. The Morgan fingerprint density at radius 1 is 1.44 bits per heavy atom. The molecule has 98 valence electrons. The van der Waals surface area contributed by atoms with Crippen molar-refractivity contribution in [2.45, 2.75) is 6.54 Å². The second-order valence-corrected chi connectivity index (χ2v) is 3.94. The number of rotatable bonds is 5. The SMILES string of the molecule is COC(=O)c1ccc(CN(C)CC(N)=O)cc1F. The summed E-state index contributed by atoms with van der Waals surface area (Å²) in [7, 11) is 2.88. The number of carbonyl (C=O) groups excluding carboxylic acids is 2.